The Hall–Kier alpha value is -2.34. The lowest BCUT2D eigenvalue weighted by atomic mass is 9.89. The summed E-state index contributed by atoms with van der Waals surface area (Å²) in [7, 11) is 3.82. The van der Waals surface area contributed by atoms with Gasteiger partial charge in [0.15, 0.2) is 6.19 Å². The Morgan fingerprint density at radius 2 is 1.00 bits per heavy atom. The highest BCUT2D eigenvalue weighted by Crippen LogP contribution is 2.25. The number of esters is 1. The van der Waals surface area contributed by atoms with Crippen LogP contribution in [0.25, 0.3) is 0 Å². The van der Waals surface area contributed by atoms with Crippen molar-refractivity contribution in [2.45, 2.75) is 239 Å². The highest BCUT2D eigenvalue weighted by atomic mass is 16.5. The van der Waals surface area contributed by atoms with Crippen molar-refractivity contribution in [1.29, 1.82) is 5.26 Å². The summed E-state index contributed by atoms with van der Waals surface area (Å²) >= 11 is 0. The van der Waals surface area contributed by atoms with Crippen molar-refractivity contribution in [2.75, 3.05) is 46.9 Å². The zero-order valence-electron chi connectivity index (χ0n) is 39.2. The SMILES string of the molecule is CCCCCCCCCCCOC(=O)CCCCCN(CCCCCCCC(CCCCCCCC)CCCCCCCC)CCCN=C(NC#N)N(C)C.O=CO. The van der Waals surface area contributed by atoms with E-state index in [1.54, 1.807) is 0 Å². The van der Waals surface area contributed by atoms with Crippen molar-refractivity contribution >= 4 is 18.4 Å². The zero-order chi connectivity index (χ0) is 43.0. The number of carbonyl (C=O) groups excluding carboxylic acids is 1. The molecule has 0 saturated carbocycles. The third-order valence-corrected chi connectivity index (χ3v) is 11.4. The minimum absolute atomic E-state index is 0.0203. The van der Waals surface area contributed by atoms with Crippen LogP contribution in [0.2, 0.25) is 0 Å². The number of carbonyl (C=O) groups is 2. The highest BCUT2D eigenvalue weighted by Gasteiger charge is 2.10. The second kappa shape index (κ2) is 49.0. The van der Waals surface area contributed by atoms with Gasteiger partial charge in [-0.05, 0) is 57.7 Å². The Morgan fingerprint density at radius 3 is 1.43 bits per heavy atom. The number of rotatable bonds is 42. The van der Waals surface area contributed by atoms with Gasteiger partial charge in [0.2, 0.25) is 5.96 Å². The van der Waals surface area contributed by atoms with Gasteiger partial charge in [-0.1, -0.05) is 201 Å². The molecule has 0 aliphatic rings. The number of hydrogen-bond donors (Lipinski definition) is 2. The first-order valence-electron chi connectivity index (χ1n) is 24.7. The molecule has 9 nitrogen and oxygen atoms in total. The molecule has 2 N–H and O–H groups in total. The van der Waals surface area contributed by atoms with E-state index < -0.39 is 0 Å². The van der Waals surface area contributed by atoms with E-state index >= 15 is 0 Å². The maximum atomic E-state index is 12.3. The molecule has 0 atom stereocenters. The standard InChI is InChI=1S/C48H95N5O2.CH2O2/c1-6-9-12-15-18-19-20-26-34-44-55-47(54)39-31-27-33-42-53(43-35-40-50-48(51-45-49)52(4)5)41-32-25-21-24-30-38-46(36-28-22-16-13-10-7-2)37-29-23-17-14-11-8-3;2-1-3/h46H,6-44H2,1-5H3,(H,50,51);1H,(H,2,3). The first-order chi connectivity index (χ1) is 28.4. The predicted molar refractivity (Wildman–Crippen MR) is 248 cm³/mol. The van der Waals surface area contributed by atoms with E-state index in [-0.39, 0.29) is 12.4 Å². The maximum Gasteiger partial charge on any atom is 0.305 e. The van der Waals surface area contributed by atoms with Crippen LogP contribution in [0, 0.1) is 17.4 Å². The summed E-state index contributed by atoms with van der Waals surface area (Å²) in [6.45, 7) is 11.2. The minimum Gasteiger partial charge on any atom is -0.483 e. The summed E-state index contributed by atoms with van der Waals surface area (Å²) in [6, 6.07) is 0. The van der Waals surface area contributed by atoms with E-state index in [9.17, 15) is 4.79 Å². The molecule has 9 heteroatoms. The minimum atomic E-state index is -0.250. The van der Waals surface area contributed by atoms with Gasteiger partial charge in [0.25, 0.3) is 6.47 Å². The fraction of sp³-hybridized carbons (Fsp3) is 0.918. The van der Waals surface area contributed by atoms with Crippen LogP contribution in [0.4, 0.5) is 0 Å². The van der Waals surface area contributed by atoms with Crippen molar-refractivity contribution in [3.05, 3.63) is 0 Å². The lowest BCUT2D eigenvalue weighted by Gasteiger charge is -2.22. The molecule has 0 aromatic heterocycles. The second-order valence-corrected chi connectivity index (χ2v) is 17.0. The Kier molecular flexibility index (Phi) is 48.8. The van der Waals surface area contributed by atoms with Gasteiger partial charge >= 0.3 is 5.97 Å². The lowest BCUT2D eigenvalue weighted by Crippen LogP contribution is -2.34. The van der Waals surface area contributed by atoms with Crippen LogP contribution >= 0.6 is 0 Å². The van der Waals surface area contributed by atoms with Gasteiger partial charge in [0.1, 0.15) is 0 Å². The van der Waals surface area contributed by atoms with Gasteiger partial charge in [-0.25, -0.2) is 0 Å². The van der Waals surface area contributed by atoms with E-state index in [0.717, 1.165) is 57.7 Å². The number of unbranched alkanes of at least 4 members (excludes halogenated alkanes) is 24. The monoisotopic (exact) mass is 820 g/mol. The van der Waals surface area contributed by atoms with Gasteiger partial charge in [-0.15, -0.1) is 0 Å². The molecule has 0 heterocycles. The van der Waals surface area contributed by atoms with Crippen LogP contribution in [0.3, 0.4) is 0 Å². The number of nitrogens with one attached hydrogen (secondary N) is 1. The smallest absolute Gasteiger partial charge is 0.305 e. The average molecular weight is 820 g/mol. The fourth-order valence-electron chi connectivity index (χ4n) is 7.77. The van der Waals surface area contributed by atoms with E-state index in [2.05, 4.69) is 36.0 Å². The number of hydrogen-bond acceptors (Lipinski definition) is 6. The molecular formula is C49H97N5O4. The summed E-state index contributed by atoms with van der Waals surface area (Å²) in [5, 5.41) is 18.6. The number of nitriles is 1. The topological polar surface area (TPSA) is 118 Å². The summed E-state index contributed by atoms with van der Waals surface area (Å²) in [6.07, 6.45) is 46.2. The predicted octanol–water partition coefficient (Wildman–Crippen LogP) is 13.5. The second-order valence-electron chi connectivity index (χ2n) is 17.0. The zero-order valence-corrected chi connectivity index (χ0v) is 39.2. The molecule has 0 bridgehead atoms. The van der Waals surface area contributed by atoms with Crippen LogP contribution in [-0.4, -0.2) is 80.2 Å². The third-order valence-electron chi connectivity index (χ3n) is 11.4. The highest BCUT2D eigenvalue weighted by molar-refractivity contribution is 5.80. The number of carboxylic acid groups (broad SMARTS) is 1. The molecular weight excluding hydrogens is 723 g/mol. The maximum absolute atomic E-state index is 12.3. The first kappa shape index (κ1) is 57.8. The van der Waals surface area contributed by atoms with Crippen LogP contribution in [-0.2, 0) is 14.3 Å². The summed E-state index contributed by atoms with van der Waals surface area (Å²) in [4.78, 5) is 29.7. The van der Waals surface area contributed by atoms with Gasteiger partial charge in [0.05, 0.1) is 6.61 Å². The molecule has 0 aromatic rings. The van der Waals surface area contributed by atoms with E-state index in [4.69, 9.17) is 19.9 Å². The summed E-state index contributed by atoms with van der Waals surface area (Å²) in [5.41, 5.74) is 0. The van der Waals surface area contributed by atoms with Gasteiger partial charge in [-0.3, -0.25) is 19.9 Å². The van der Waals surface area contributed by atoms with Crippen molar-refractivity contribution in [3.8, 4) is 6.19 Å². The number of nitrogens with zero attached hydrogens (tertiary/aromatic N) is 4. The first-order valence-corrected chi connectivity index (χ1v) is 24.7. The Bertz CT molecular complexity index is 909. The molecule has 0 aliphatic carbocycles. The summed E-state index contributed by atoms with van der Waals surface area (Å²) in [5.74, 6) is 1.56. The van der Waals surface area contributed by atoms with Crippen LogP contribution < -0.4 is 5.32 Å². The fourth-order valence-corrected chi connectivity index (χ4v) is 7.77. The van der Waals surface area contributed by atoms with Crippen molar-refractivity contribution in [2.24, 2.45) is 10.9 Å². The molecule has 0 aliphatic heterocycles. The van der Waals surface area contributed by atoms with Crippen molar-refractivity contribution in [1.82, 2.24) is 15.1 Å². The Balaban J connectivity index is 0. The van der Waals surface area contributed by atoms with E-state index in [0.29, 0.717) is 25.5 Å². The quantitative estimate of drug-likeness (QED) is 0.0119. The number of aliphatic imine (C=N–C) groups is 1. The Morgan fingerprint density at radius 1 is 0.621 bits per heavy atom. The molecule has 0 aromatic carbocycles. The Labute approximate surface area is 360 Å². The molecule has 0 saturated heterocycles. The number of ether oxygens (including phenoxy) is 1. The van der Waals surface area contributed by atoms with Gasteiger partial charge < -0.3 is 19.6 Å². The van der Waals surface area contributed by atoms with Crippen molar-refractivity contribution < 1.29 is 19.4 Å². The van der Waals surface area contributed by atoms with Gasteiger partial charge in [0, 0.05) is 27.1 Å². The molecule has 342 valence electrons. The average Bonchev–Trinajstić information content (AvgIpc) is 3.21. The largest absolute Gasteiger partial charge is 0.483 e. The third kappa shape index (κ3) is 44.8. The molecule has 0 unspecified atom stereocenters. The molecule has 0 radical (unpaired) electrons. The van der Waals surface area contributed by atoms with Gasteiger partial charge in [-0.2, -0.15) is 5.26 Å². The molecule has 0 amide bonds. The van der Waals surface area contributed by atoms with E-state index in [1.165, 1.54) is 180 Å². The molecule has 0 spiro atoms. The molecule has 58 heavy (non-hydrogen) atoms. The van der Waals surface area contributed by atoms with Crippen LogP contribution in [0.5, 0.6) is 0 Å². The van der Waals surface area contributed by atoms with E-state index in [1.807, 2.05) is 25.2 Å². The van der Waals surface area contributed by atoms with Crippen molar-refractivity contribution in [3.63, 3.8) is 0 Å². The molecule has 0 fully saturated rings. The normalized spacial score (nSPS) is 11.4. The lowest BCUT2D eigenvalue weighted by molar-refractivity contribution is -0.143. The van der Waals surface area contributed by atoms with Crippen LogP contribution in [0.15, 0.2) is 4.99 Å². The summed E-state index contributed by atoms with van der Waals surface area (Å²) < 4.78 is 5.53. The molecule has 0 rings (SSSR count). The number of guanidine groups is 1. The van der Waals surface area contributed by atoms with Crippen LogP contribution in [0.1, 0.15) is 239 Å².